The van der Waals surface area contributed by atoms with Crippen LogP contribution in [0, 0.1) is 0 Å². The van der Waals surface area contributed by atoms with E-state index in [2.05, 4.69) is 44.2 Å². The number of rotatable bonds is 28. The van der Waals surface area contributed by atoms with Crippen LogP contribution in [0.15, 0.2) is 24.7 Å². The first-order chi connectivity index (χ1) is 24.1. The van der Waals surface area contributed by atoms with E-state index in [4.69, 9.17) is 5.73 Å². The maximum absolute atomic E-state index is 14.1. The number of nitrogens with one attached hydrogen (secondary N) is 2. The molecule has 1 aliphatic heterocycles. The summed E-state index contributed by atoms with van der Waals surface area (Å²) >= 11 is 0. The number of aromatic nitrogens is 2. The minimum atomic E-state index is -0.813. The van der Waals surface area contributed by atoms with Crippen LogP contribution in [0.3, 0.4) is 0 Å². The number of hydrogen-bond acceptors (Lipinski definition) is 7. The number of unbranched alkanes of at least 4 members (excludes halogenated alkanes) is 11. The molecule has 0 saturated carbocycles. The van der Waals surface area contributed by atoms with Crippen LogP contribution in [0.2, 0.25) is 0 Å². The average molecular weight is 701 g/mol. The summed E-state index contributed by atoms with van der Waals surface area (Å²) in [7, 11) is 8.11. The van der Waals surface area contributed by atoms with Crippen LogP contribution >= 0.6 is 0 Å². The summed E-state index contributed by atoms with van der Waals surface area (Å²) in [6.45, 7) is 5.53. The first-order valence-corrected chi connectivity index (χ1v) is 19.7. The fraction of sp³-hybridized carbons (Fsp3) is 0.795. The van der Waals surface area contributed by atoms with E-state index < -0.39 is 12.1 Å². The summed E-state index contributed by atoms with van der Waals surface area (Å²) in [6, 6.07) is -1.75. The Bertz CT molecular complexity index is 1060. The van der Waals surface area contributed by atoms with Crippen molar-refractivity contribution in [1.29, 1.82) is 0 Å². The van der Waals surface area contributed by atoms with Gasteiger partial charge in [-0.3, -0.25) is 14.4 Å². The van der Waals surface area contributed by atoms with Crippen molar-refractivity contribution < 1.29 is 14.4 Å². The summed E-state index contributed by atoms with van der Waals surface area (Å²) in [5, 5.41) is 3.15. The number of hydrogen-bond donors (Lipinski definition) is 3. The lowest BCUT2D eigenvalue weighted by atomic mass is 10.1. The minimum absolute atomic E-state index is 0.0105. The zero-order valence-corrected chi connectivity index (χ0v) is 32.3. The fourth-order valence-corrected chi connectivity index (χ4v) is 6.71. The maximum atomic E-state index is 14.1. The van der Waals surface area contributed by atoms with Crippen LogP contribution in [-0.2, 0) is 20.8 Å². The molecular formula is C39H72N8O3. The number of H-pyrrole nitrogens is 1. The van der Waals surface area contributed by atoms with Gasteiger partial charge >= 0.3 is 0 Å². The molecule has 3 amide bonds. The molecule has 11 heteroatoms. The normalized spacial score (nSPS) is 16.9. The number of likely N-dealkylation sites (tertiary alicyclic amines) is 1. The molecule has 4 N–H and O–H groups in total. The molecule has 0 radical (unpaired) electrons. The number of amides is 3. The molecule has 1 saturated heterocycles. The fourth-order valence-electron chi connectivity index (χ4n) is 6.71. The highest BCUT2D eigenvalue weighted by atomic mass is 16.2. The van der Waals surface area contributed by atoms with E-state index in [-0.39, 0.29) is 30.3 Å². The van der Waals surface area contributed by atoms with Crippen molar-refractivity contribution in [3.8, 4) is 0 Å². The van der Waals surface area contributed by atoms with Crippen LogP contribution < -0.4 is 11.1 Å². The second-order valence-corrected chi connectivity index (χ2v) is 14.9. The van der Waals surface area contributed by atoms with E-state index in [0.29, 0.717) is 32.4 Å². The lowest BCUT2D eigenvalue weighted by molar-refractivity contribution is -0.144. The van der Waals surface area contributed by atoms with Crippen LogP contribution in [0.5, 0.6) is 0 Å². The molecule has 286 valence electrons. The predicted molar refractivity (Wildman–Crippen MR) is 205 cm³/mol. The summed E-state index contributed by atoms with van der Waals surface area (Å²) < 4.78 is 0. The molecule has 0 bridgehead atoms. The summed E-state index contributed by atoms with van der Waals surface area (Å²) in [6.07, 6.45) is 26.6. The molecule has 3 atom stereocenters. The van der Waals surface area contributed by atoms with Crippen molar-refractivity contribution in [2.24, 2.45) is 5.73 Å². The molecule has 0 aromatic carbocycles. The van der Waals surface area contributed by atoms with Gasteiger partial charge < -0.3 is 35.6 Å². The first kappa shape index (κ1) is 43.4. The molecule has 0 aliphatic carbocycles. The van der Waals surface area contributed by atoms with Crippen molar-refractivity contribution in [3.63, 3.8) is 0 Å². The van der Waals surface area contributed by atoms with Crippen LogP contribution in [-0.4, -0.2) is 126 Å². The Kier molecular flexibility index (Phi) is 22.6. The third-order valence-electron chi connectivity index (χ3n) is 9.59. The summed E-state index contributed by atoms with van der Waals surface area (Å²) in [4.78, 5) is 55.7. The molecule has 0 spiro atoms. The number of aromatic amines is 1. The van der Waals surface area contributed by atoms with Crippen molar-refractivity contribution in [3.05, 3.63) is 30.4 Å². The minimum Gasteiger partial charge on any atom is -0.351 e. The Morgan fingerprint density at radius 1 is 0.880 bits per heavy atom. The number of allylic oxidation sites excluding steroid dienone is 2. The van der Waals surface area contributed by atoms with E-state index in [1.165, 1.54) is 57.8 Å². The monoisotopic (exact) mass is 701 g/mol. The summed E-state index contributed by atoms with van der Waals surface area (Å²) in [5.74, 6) is -0.337. The van der Waals surface area contributed by atoms with Gasteiger partial charge in [-0.25, -0.2) is 4.98 Å². The van der Waals surface area contributed by atoms with Gasteiger partial charge in [0.25, 0.3) is 0 Å². The molecule has 1 aromatic rings. The molecule has 1 fully saturated rings. The van der Waals surface area contributed by atoms with Gasteiger partial charge in [0.15, 0.2) is 0 Å². The molecule has 2 heterocycles. The molecular weight excluding hydrogens is 628 g/mol. The van der Waals surface area contributed by atoms with Crippen molar-refractivity contribution >= 4 is 17.7 Å². The molecule has 1 aromatic heterocycles. The maximum Gasteiger partial charge on any atom is 0.245 e. The number of nitrogens with zero attached hydrogens (tertiary/aromatic N) is 5. The van der Waals surface area contributed by atoms with Crippen LogP contribution in [0.1, 0.15) is 122 Å². The van der Waals surface area contributed by atoms with E-state index >= 15 is 0 Å². The Hall–Kier alpha value is -2.76. The average Bonchev–Trinajstić information content (AvgIpc) is 3.75. The zero-order valence-electron chi connectivity index (χ0n) is 32.3. The van der Waals surface area contributed by atoms with Crippen molar-refractivity contribution in [2.45, 2.75) is 141 Å². The van der Waals surface area contributed by atoms with Gasteiger partial charge in [0.2, 0.25) is 17.7 Å². The van der Waals surface area contributed by atoms with Crippen molar-refractivity contribution in [1.82, 2.24) is 34.9 Å². The Morgan fingerprint density at radius 2 is 1.46 bits per heavy atom. The molecule has 50 heavy (non-hydrogen) atoms. The second-order valence-electron chi connectivity index (χ2n) is 14.9. The Balaban J connectivity index is 1.86. The van der Waals surface area contributed by atoms with Gasteiger partial charge in [0, 0.05) is 50.4 Å². The Morgan fingerprint density at radius 3 is 2.02 bits per heavy atom. The van der Waals surface area contributed by atoms with Gasteiger partial charge in [-0.05, 0) is 92.6 Å². The number of carbonyl (C=O) groups excluding carboxylic acids is 3. The number of imidazole rings is 1. The van der Waals surface area contributed by atoms with E-state index in [9.17, 15) is 14.4 Å². The summed E-state index contributed by atoms with van der Waals surface area (Å²) in [5.41, 5.74) is 7.17. The molecule has 2 rings (SSSR count). The van der Waals surface area contributed by atoms with Gasteiger partial charge in [-0.15, -0.1) is 0 Å². The SMILES string of the molecule is CCCCCCCCC=CCCCCCCCC(=O)N[C@H]1C[C@@H](C(=O)N(CCCN(C)C)CCCN(C)C)N(C(=O)C(N)Cc2cnc[nH]2)C1. The first-order valence-electron chi connectivity index (χ1n) is 19.7. The highest BCUT2D eigenvalue weighted by Gasteiger charge is 2.43. The largest absolute Gasteiger partial charge is 0.351 e. The Labute approximate surface area is 304 Å². The van der Waals surface area contributed by atoms with E-state index in [1.807, 2.05) is 33.1 Å². The highest BCUT2D eigenvalue weighted by molar-refractivity contribution is 5.91. The lowest BCUT2D eigenvalue weighted by Crippen LogP contribution is -2.53. The molecule has 11 nitrogen and oxygen atoms in total. The third-order valence-corrected chi connectivity index (χ3v) is 9.59. The molecule has 1 aliphatic rings. The van der Waals surface area contributed by atoms with Gasteiger partial charge in [0.1, 0.15) is 6.04 Å². The van der Waals surface area contributed by atoms with Gasteiger partial charge in [-0.2, -0.15) is 0 Å². The zero-order chi connectivity index (χ0) is 36.6. The van der Waals surface area contributed by atoms with E-state index in [0.717, 1.165) is 57.3 Å². The molecule has 1 unspecified atom stereocenters. The van der Waals surface area contributed by atoms with Gasteiger partial charge in [-0.1, -0.05) is 70.4 Å². The van der Waals surface area contributed by atoms with E-state index in [1.54, 1.807) is 17.4 Å². The highest BCUT2D eigenvalue weighted by Crippen LogP contribution is 2.23. The quantitative estimate of drug-likeness (QED) is 0.0816. The van der Waals surface area contributed by atoms with Crippen LogP contribution in [0.4, 0.5) is 0 Å². The lowest BCUT2D eigenvalue weighted by Gasteiger charge is -2.32. The smallest absolute Gasteiger partial charge is 0.245 e. The third kappa shape index (κ3) is 18.5. The number of carbonyl (C=O) groups is 3. The van der Waals surface area contributed by atoms with Crippen LogP contribution in [0.25, 0.3) is 0 Å². The predicted octanol–water partition coefficient (Wildman–Crippen LogP) is 5.13. The van der Waals surface area contributed by atoms with Crippen molar-refractivity contribution in [2.75, 3.05) is 60.9 Å². The van der Waals surface area contributed by atoms with Gasteiger partial charge in [0.05, 0.1) is 12.4 Å². The number of nitrogens with two attached hydrogens (primary N) is 1. The topological polar surface area (TPSA) is 131 Å². The standard InChI is InChI=1S/C39H72N8O3/c1-6-7-8-9-10-11-12-13-14-15-16-17-18-19-20-23-37(48)43-34-29-36(47(31-34)38(49)35(40)28-33-30-41-32-42-33)39(50)46(26-21-24-44(2)3)27-22-25-45(4)5/h13-14,30,32,34-36H,6-12,15-29,31,40H2,1-5H3,(H,41,42)(H,43,48)/t34-,35?,36-/m0/s1. The second kappa shape index (κ2) is 26.1.